The number of hydrogen-bond acceptors (Lipinski definition) is 1. The second kappa shape index (κ2) is 6.67. The minimum Gasteiger partial charge on any atom is -0.326 e. The summed E-state index contributed by atoms with van der Waals surface area (Å²) >= 11 is 0. The van der Waals surface area contributed by atoms with E-state index in [0.29, 0.717) is 24.2 Å². The molecule has 0 spiro atoms. The van der Waals surface area contributed by atoms with Crippen molar-refractivity contribution >= 4 is 11.6 Å². The van der Waals surface area contributed by atoms with Crippen LogP contribution in [-0.4, -0.2) is 5.91 Å². The van der Waals surface area contributed by atoms with Crippen LogP contribution in [0.2, 0.25) is 0 Å². The summed E-state index contributed by atoms with van der Waals surface area (Å²) in [5.74, 6) is 3.42. The zero-order valence-corrected chi connectivity index (χ0v) is 15.1. The molecule has 3 rings (SSSR count). The Hall–Kier alpha value is -1.31. The second-order valence-electron chi connectivity index (χ2n) is 8.31. The third kappa shape index (κ3) is 3.46. The number of nitrogens with one attached hydrogen (secondary N) is 1. The van der Waals surface area contributed by atoms with Crippen LogP contribution in [0.1, 0.15) is 82.8 Å². The third-order valence-electron chi connectivity index (χ3n) is 5.97. The fraction of sp³-hybridized carbons (Fsp3) is 0.667. The molecule has 0 aliphatic heterocycles. The molecular weight excluding hydrogens is 282 g/mol. The summed E-state index contributed by atoms with van der Waals surface area (Å²) in [6.07, 6.45) is 6.11. The normalized spacial score (nSPS) is 26.3. The van der Waals surface area contributed by atoms with Crippen LogP contribution in [0.25, 0.3) is 0 Å². The summed E-state index contributed by atoms with van der Waals surface area (Å²) in [5, 5.41) is 3.29. The molecule has 0 radical (unpaired) electrons. The monoisotopic (exact) mass is 313 g/mol. The maximum Gasteiger partial charge on any atom is 0.224 e. The number of rotatable bonds is 5. The van der Waals surface area contributed by atoms with Crippen LogP contribution in [-0.2, 0) is 4.79 Å². The van der Waals surface area contributed by atoms with Gasteiger partial charge in [-0.05, 0) is 60.0 Å². The second-order valence-corrected chi connectivity index (χ2v) is 8.31. The maximum absolute atomic E-state index is 12.7. The smallest absolute Gasteiger partial charge is 0.224 e. The van der Waals surface area contributed by atoms with E-state index in [2.05, 4.69) is 51.2 Å². The molecule has 2 bridgehead atoms. The van der Waals surface area contributed by atoms with Crippen molar-refractivity contribution in [2.75, 3.05) is 5.32 Å². The van der Waals surface area contributed by atoms with Crippen LogP contribution in [0.3, 0.4) is 0 Å². The molecule has 2 nitrogen and oxygen atoms in total. The van der Waals surface area contributed by atoms with Gasteiger partial charge in [0, 0.05) is 12.1 Å². The molecule has 2 fully saturated rings. The van der Waals surface area contributed by atoms with E-state index in [1.807, 2.05) is 0 Å². The quantitative estimate of drug-likeness (QED) is 0.742. The lowest BCUT2D eigenvalue weighted by Crippen LogP contribution is -2.21. The van der Waals surface area contributed by atoms with Crippen LogP contribution >= 0.6 is 0 Å². The predicted octanol–water partition coefficient (Wildman–Crippen LogP) is 5.70. The highest BCUT2D eigenvalue weighted by atomic mass is 16.1. The predicted molar refractivity (Wildman–Crippen MR) is 96.8 cm³/mol. The Morgan fingerprint density at radius 3 is 2.22 bits per heavy atom. The van der Waals surface area contributed by atoms with Gasteiger partial charge in [0.2, 0.25) is 5.91 Å². The van der Waals surface area contributed by atoms with E-state index in [-0.39, 0.29) is 5.91 Å². The van der Waals surface area contributed by atoms with E-state index in [9.17, 15) is 4.79 Å². The van der Waals surface area contributed by atoms with Crippen molar-refractivity contribution in [3.63, 3.8) is 0 Å². The van der Waals surface area contributed by atoms with Gasteiger partial charge in [0.1, 0.15) is 0 Å². The number of hydrogen-bond donors (Lipinski definition) is 1. The summed E-state index contributed by atoms with van der Waals surface area (Å²) in [4.78, 5) is 12.7. The van der Waals surface area contributed by atoms with E-state index in [4.69, 9.17) is 0 Å². The lowest BCUT2D eigenvalue weighted by Gasteiger charge is -2.23. The first kappa shape index (κ1) is 16.5. The molecule has 126 valence electrons. The lowest BCUT2D eigenvalue weighted by molar-refractivity contribution is -0.117. The van der Waals surface area contributed by atoms with E-state index in [1.54, 1.807) is 0 Å². The average molecular weight is 313 g/mol. The number of amides is 1. The minimum absolute atomic E-state index is 0.220. The molecule has 2 heteroatoms. The molecule has 1 amide bonds. The third-order valence-corrected chi connectivity index (χ3v) is 5.97. The van der Waals surface area contributed by atoms with E-state index < -0.39 is 0 Å². The van der Waals surface area contributed by atoms with Crippen molar-refractivity contribution in [3.05, 3.63) is 29.3 Å². The van der Waals surface area contributed by atoms with Gasteiger partial charge in [0.05, 0.1) is 0 Å². The van der Waals surface area contributed by atoms with Crippen LogP contribution in [0.15, 0.2) is 18.2 Å². The van der Waals surface area contributed by atoms with Gasteiger partial charge in [-0.2, -0.15) is 0 Å². The van der Waals surface area contributed by atoms with Crippen molar-refractivity contribution in [1.82, 2.24) is 0 Å². The molecule has 1 aromatic carbocycles. The number of carbonyl (C=O) groups is 1. The molecule has 0 aromatic heterocycles. The van der Waals surface area contributed by atoms with Gasteiger partial charge in [-0.25, -0.2) is 0 Å². The average Bonchev–Trinajstić information content (AvgIpc) is 3.09. The number of benzene rings is 1. The Labute approximate surface area is 141 Å². The summed E-state index contributed by atoms with van der Waals surface area (Å²) < 4.78 is 0. The Balaban J connectivity index is 1.74. The molecule has 2 saturated carbocycles. The zero-order chi connectivity index (χ0) is 16.6. The van der Waals surface area contributed by atoms with E-state index in [1.165, 1.54) is 36.8 Å². The van der Waals surface area contributed by atoms with Crippen molar-refractivity contribution in [2.45, 2.75) is 71.6 Å². The summed E-state index contributed by atoms with van der Waals surface area (Å²) in [6, 6.07) is 6.43. The summed E-state index contributed by atoms with van der Waals surface area (Å²) in [5.41, 5.74) is 3.60. The van der Waals surface area contributed by atoms with Crippen LogP contribution in [0.5, 0.6) is 0 Å². The molecule has 2 aliphatic carbocycles. The molecule has 3 atom stereocenters. The Morgan fingerprint density at radius 2 is 1.74 bits per heavy atom. The first-order valence-electron chi connectivity index (χ1n) is 9.38. The molecule has 1 N–H and O–H groups in total. The molecule has 1 aromatic rings. The largest absolute Gasteiger partial charge is 0.326 e. The summed E-state index contributed by atoms with van der Waals surface area (Å²) in [7, 11) is 0. The molecule has 0 unspecified atom stereocenters. The van der Waals surface area contributed by atoms with Gasteiger partial charge in [0.25, 0.3) is 0 Å². The number of anilines is 1. The first-order chi connectivity index (χ1) is 11.0. The lowest BCUT2D eigenvalue weighted by atomic mass is 9.86. The van der Waals surface area contributed by atoms with Crippen molar-refractivity contribution in [3.8, 4) is 0 Å². The molecule has 0 heterocycles. The SMILES string of the molecule is CC(C)c1cccc(C(C)C)c1NC(=O)C[C@@H]1C[C@H]2CC[C@@H]1C2. The number of carbonyl (C=O) groups excluding carboxylic acids is 1. The van der Waals surface area contributed by atoms with Gasteiger partial charge in [-0.1, -0.05) is 52.3 Å². The molecule has 2 aliphatic rings. The molecule has 0 saturated heterocycles. The standard InChI is InChI=1S/C21H31NO/c1-13(2)18-6-5-7-19(14(3)4)21(18)22-20(23)12-17-11-15-8-9-16(17)10-15/h5-7,13-17H,8-12H2,1-4H3,(H,22,23)/t15-,16+,17-/m0/s1. The van der Waals surface area contributed by atoms with E-state index >= 15 is 0 Å². The van der Waals surface area contributed by atoms with Gasteiger partial charge < -0.3 is 5.32 Å². The molecule has 23 heavy (non-hydrogen) atoms. The maximum atomic E-state index is 12.7. The van der Waals surface area contributed by atoms with Crippen LogP contribution in [0.4, 0.5) is 5.69 Å². The first-order valence-corrected chi connectivity index (χ1v) is 9.38. The Morgan fingerprint density at radius 1 is 1.09 bits per heavy atom. The Bertz CT molecular complexity index is 549. The van der Waals surface area contributed by atoms with Gasteiger partial charge in [0.15, 0.2) is 0 Å². The van der Waals surface area contributed by atoms with Crippen LogP contribution in [0, 0.1) is 17.8 Å². The fourth-order valence-electron chi connectivity index (χ4n) is 4.75. The van der Waals surface area contributed by atoms with Gasteiger partial charge in [-0.3, -0.25) is 4.79 Å². The number of para-hydroxylation sites is 1. The van der Waals surface area contributed by atoms with Crippen molar-refractivity contribution in [1.29, 1.82) is 0 Å². The highest BCUT2D eigenvalue weighted by Gasteiger charge is 2.40. The Kier molecular flexibility index (Phi) is 4.79. The van der Waals surface area contributed by atoms with Crippen molar-refractivity contribution in [2.24, 2.45) is 17.8 Å². The zero-order valence-electron chi connectivity index (χ0n) is 15.1. The fourth-order valence-corrected chi connectivity index (χ4v) is 4.75. The molecular formula is C21H31NO. The van der Waals surface area contributed by atoms with Crippen LogP contribution < -0.4 is 5.32 Å². The van der Waals surface area contributed by atoms with Crippen molar-refractivity contribution < 1.29 is 4.79 Å². The van der Waals surface area contributed by atoms with Gasteiger partial charge >= 0.3 is 0 Å². The summed E-state index contributed by atoms with van der Waals surface area (Å²) in [6.45, 7) is 8.80. The highest BCUT2D eigenvalue weighted by molar-refractivity contribution is 5.93. The minimum atomic E-state index is 0.220. The van der Waals surface area contributed by atoms with Gasteiger partial charge in [-0.15, -0.1) is 0 Å². The highest BCUT2D eigenvalue weighted by Crippen LogP contribution is 2.49. The number of fused-ring (bicyclic) bond motifs is 2. The topological polar surface area (TPSA) is 29.1 Å². The van der Waals surface area contributed by atoms with E-state index in [0.717, 1.165) is 17.5 Å².